The Labute approximate surface area is 125 Å². The summed E-state index contributed by atoms with van der Waals surface area (Å²) in [6, 6.07) is 6.21. The summed E-state index contributed by atoms with van der Waals surface area (Å²) in [5, 5.41) is 0. The number of ether oxygens (including phenoxy) is 1. The quantitative estimate of drug-likeness (QED) is 0.773. The van der Waals surface area contributed by atoms with Gasteiger partial charge in [0.2, 0.25) is 0 Å². The summed E-state index contributed by atoms with van der Waals surface area (Å²) in [4.78, 5) is 23.0. The van der Waals surface area contributed by atoms with Crippen LogP contribution in [0.5, 0.6) is 0 Å². The molecule has 2 amide bonds. The van der Waals surface area contributed by atoms with Crippen LogP contribution in [0.2, 0.25) is 0 Å². The molecule has 1 aromatic rings. The van der Waals surface area contributed by atoms with Gasteiger partial charge in [-0.25, -0.2) is 9.78 Å². The maximum atomic E-state index is 12.4. The van der Waals surface area contributed by atoms with Gasteiger partial charge in [-0.2, -0.15) is 0 Å². The molecule has 1 aromatic heterocycles. The van der Waals surface area contributed by atoms with Crippen LogP contribution in [-0.2, 0) is 4.74 Å². The van der Waals surface area contributed by atoms with Crippen molar-refractivity contribution >= 4 is 11.8 Å². The SMILES string of the molecule is Cc1cccc(N2CCN(C(=O)N3CCOCC3)CC2)n1. The summed E-state index contributed by atoms with van der Waals surface area (Å²) in [7, 11) is 0. The number of carbonyl (C=O) groups excluding carboxylic acids is 1. The zero-order valence-electron chi connectivity index (χ0n) is 12.5. The van der Waals surface area contributed by atoms with Gasteiger partial charge in [0.15, 0.2) is 0 Å². The van der Waals surface area contributed by atoms with Gasteiger partial charge in [0.25, 0.3) is 0 Å². The first-order chi connectivity index (χ1) is 10.2. The topological polar surface area (TPSA) is 48.9 Å². The molecule has 0 radical (unpaired) electrons. The summed E-state index contributed by atoms with van der Waals surface area (Å²) < 4.78 is 5.29. The maximum Gasteiger partial charge on any atom is 0.320 e. The molecule has 0 N–H and O–H groups in total. The predicted molar refractivity (Wildman–Crippen MR) is 80.5 cm³/mol. The van der Waals surface area contributed by atoms with Crippen molar-refractivity contribution in [2.24, 2.45) is 0 Å². The molecule has 3 heterocycles. The Bertz CT molecular complexity index is 494. The number of amides is 2. The first-order valence-corrected chi connectivity index (χ1v) is 7.54. The average molecular weight is 290 g/mol. The molecule has 0 spiro atoms. The lowest BCUT2D eigenvalue weighted by atomic mass is 10.3. The number of morpholine rings is 1. The Morgan fingerprint density at radius 3 is 2.38 bits per heavy atom. The van der Waals surface area contributed by atoms with E-state index in [0.29, 0.717) is 26.3 Å². The van der Waals surface area contributed by atoms with Crippen LogP contribution in [0, 0.1) is 6.92 Å². The van der Waals surface area contributed by atoms with E-state index in [9.17, 15) is 4.79 Å². The molecule has 2 fully saturated rings. The van der Waals surface area contributed by atoms with Gasteiger partial charge in [0, 0.05) is 45.0 Å². The highest BCUT2D eigenvalue weighted by molar-refractivity contribution is 5.75. The van der Waals surface area contributed by atoms with Crippen molar-refractivity contribution in [1.82, 2.24) is 14.8 Å². The Hall–Kier alpha value is -1.82. The van der Waals surface area contributed by atoms with Crippen molar-refractivity contribution in [2.75, 3.05) is 57.4 Å². The minimum absolute atomic E-state index is 0.148. The summed E-state index contributed by atoms with van der Waals surface area (Å²) in [5.74, 6) is 1.01. The summed E-state index contributed by atoms with van der Waals surface area (Å²) >= 11 is 0. The Morgan fingerprint density at radius 1 is 1.05 bits per heavy atom. The van der Waals surface area contributed by atoms with Gasteiger partial charge in [-0.1, -0.05) is 6.07 Å². The predicted octanol–water partition coefficient (Wildman–Crippen LogP) is 0.964. The van der Waals surface area contributed by atoms with Gasteiger partial charge in [-0.3, -0.25) is 0 Å². The fourth-order valence-corrected chi connectivity index (χ4v) is 2.79. The van der Waals surface area contributed by atoms with Gasteiger partial charge < -0.3 is 19.4 Å². The van der Waals surface area contributed by atoms with Crippen LogP contribution in [-0.4, -0.2) is 73.3 Å². The minimum Gasteiger partial charge on any atom is -0.378 e. The van der Waals surface area contributed by atoms with E-state index in [-0.39, 0.29) is 6.03 Å². The zero-order chi connectivity index (χ0) is 14.7. The first kappa shape index (κ1) is 14.1. The standard InChI is InChI=1S/C15H22N4O2/c1-13-3-2-4-14(16-13)17-5-7-18(8-6-17)15(20)19-9-11-21-12-10-19/h2-4H,5-12H2,1H3. The van der Waals surface area contributed by atoms with Crippen molar-refractivity contribution in [2.45, 2.75) is 6.92 Å². The Morgan fingerprint density at radius 2 is 1.71 bits per heavy atom. The highest BCUT2D eigenvalue weighted by atomic mass is 16.5. The van der Waals surface area contributed by atoms with Crippen LogP contribution in [0.1, 0.15) is 5.69 Å². The molecule has 6 heteroatoms. The van der Waals surface area contributed by atoms with Crippen molar-refractivity contribution in [3.05, 3.63) is 23.9 Å². The minimum atomic E-state index is 0.148. The molecular weight excluding hydrogens is 268 g/mol. The number of aryl methyl sites for hydroxylation is 1. The normalized spacial score (nSPS) is 19.8. The van der Waals surface area contributed by atoms with E-state index >= 15 is 0 Å². The highest BCUT2D eigenvalue weighted by Gasteiger charge is 2.26. The monoisotopic (exact) mass is 290 g/mol. The van der Waals surface area contributed by atoms with E-state index in [1.54, 1.807) is 0 Å². The summed E-state index contributed by atoms with van der Waals surface area (Å²) in [6.07, 6.45) is 0. The van der Waals surface area contributed by atoms with Crippen LogP contribution >= 0.6 is 0 Å². The number of carbonyl (C=O) groups is 1. The average Bonchev–Trinajstić information content (AvgIpc) is 2.55. The number of nitrogens with zero attached hydrogens (tertiary/aromatic N) is 4. The molecule has 21 heavy (non-hydrogen) atoms. The van der Waals surface area contributed by atoms with Gasteiger partial charge in [-0.05, 0) is 19.1 Å². The van der Waals surface area contributed by atoms with Crippen molar-refractivity contribution in [3.8, 4) is 0 Å². The molecule has 6 nitrogen and oxygen atoms in total. The van der Waals surface area contributed by atoms with Gasteiger partial charge >= 0.3 is 6.03 Å². The lowest BCUT2D eigenvalue weighted by molar-refractivity contribution is 0.0428. The van der Waals surface area contributed by atoms with Crippen LogP contribution in [0.15, 0.2) is 18.2 Å². The fourth-order valence-electron chi connectivity index (χ4n) is 2.79. The molecule has 2 aliphatic heterocycles. The molecular formula is C15H22N4O2. The lowest BCUT2D eigenvalue weighted by Crippen LogP contribution is -2.55. The van der Waals surface area contributed by atoms with E-state index in [1.165, 1.54) is 0 Å². The number of pyridine rings is 1. The maximum absolute atomic E-state index is 12.4. The van der Waals surface area contributed by atoms with Crippen LogP contribution in [0.4, 0.5) is 10.6 Å². The van der Waals surface area contributed by atoms with Gasteiger partial charge in [0.05, 0.1) is 13.2 Å². The molecule has 0 bridgehead atoms. The molecule has 0 unspecified atom stereocenters. The fraction of sp³-hybridized carbons (Fsp3) is 0.600. The Kier molecular flexibility index (Phi) is 4.24. The molecule has 3 rings (SSSR count). The Balaban J connectivity index is 1.56. The number of hydrogen-bond acceptors (Lipinski definition) is 4. The van der Waals surface area contributed by atoms with Crippen LogP contribution in [0.25, 0.3) is 0 Å². The molecule has 2 saturated heterocycles. The number of urea groups is 1. The second-order valence-electron chi connectivity index (χ2n) is 5.49. The molecule has 0 aromatic carbocycles. The third-order valence-corrected chi connectivity index (χ3v) is 4.03. The second kappa shape index (κ2) is 6.30. The van der Waals surface area contributed by atoms with Crippen LogP contribution in [0.3, 0.4) is 0 Å². The molecule has 2 aliphatic rings. The van der Waals surface area contributed by atoms with Gasteiger partial charge in [0.1, 0.15) is 5.82 Å². The number of aromatic nitrogens is 1. The summed E-state index contributed by atoms with van der Waals surface area (Å²) in [5.41, 5.74) is 1.03. The highest BCUT2D eigenvalue weighted by Crippen LogP contribution is 2.15. The second-order valence-corrected chi connectivity index (χ2v) is 5.49. The number of hydrogen-bond donors (Lipinski definition) is 0. The van der Waals surface area contributed by atoms with E-state index in [2.05, 4.69) is 9.88 Å². The largest absolute Gasteiger partial charge is 0.378 e. The molecule has 114 valence electrons. The number of piperazine rings is 1. The first-order valence-electron chi connectivity index (χ1n) is 7.54. The van der Waals surface area contributed by atoms with E-state index < -0.39 is 0 Å². The number of rotatable bonds is 1. The number of anilines is 1. The molecule has 0 atom stereocenters. The van der Waals surface area contributed by atoms with Crippen LogP contribution < -0.4 is 4.90 Å². The molecule has 0 aliphatic carbocycles. The van der Waals surface area contributed by atoms with Crippen molar-refractivity contribution in [3.63, 3.8) is 0 Å². The van der Waals surface area contributed by atoms with Crippen molar-refractivity contribution in [1.29, 1.82) is 0 Å². The van der Waals surface area contributed by atoms with E-state index in [4.69, 9.17) is 4.74 Å². The summed E-state index contributed by atoms with van der Waals surface area (Å²) in [6.45, 7) is 7.91. The zero-order valence-corrected chi connectivity index (χ0v) is 12.5. The van der Waals surface area contributed by atoms with E-state index in [1.807, 2.05) is 34.9 Å². The third-order valence-electron chi connectivity index (χ3n) is 4.03. The molecule has 0 saturated carbocycles. The van der Waals surface area contributed by atoms with E-state index in [0.717, 1.165) is 37.7 Å². The third kappa shape index (κ3) is 3.26. The lowest BCUT2D eigenvalue weighted by Gasteiger charge is -2.39. The van der Waals surface area contributed by atoms with Crippen molar-refractivity contribution < 1.29 is 9.53 Å². The smallest absolute Gasteiger partial charge is 0.320 e. The van der Waals surface area contributed by atoms with Gasteiger partial charge in [-0.15, -0.1) is 0 Å².